The van der Waals surface area contributed by atoms with Crippen LogP contribution in [0.4, 0.5) is 0 Å². The second kappa shape index (κ2) is 33.6. The molecule has 0 radical (unpaired) electrons. The first-order chi connectivity index (χ1) is 23.6. The summed E-state index contributed by atoms with van der Waals surface area (Å²) in [5.41, 5.74) is 0. The Balaban J connectivity index is 3.76. The Kier molecular flexibility index (Phi) is 32.6. The molecular weight excluding hydrogens is 649 g/mol. The Morgan fingerprint density at radius 2 is 0.939 bits per heavy atom. The van der Waals surface area contributed by atoms with E-state index in [-0.39, 0.29) is 12.8 Å². The summed E-state index contributed by atoms with van der Waals surface area (Å²) in [6, 6.07) is -1.54. The van der Waals surface area contributed by atoms with Crippen LogP contribution in [0.15, 0.2) is 0 Å². The lowest BCUT2D eigenvalue weighted by molar-refractivity contribution is -0.147. The van der Waals surface area contributed by atoms with Gasteiger partial charge < -0.3 is 25.2 Å². The number of amides is 1. The molecule has 0 heterocycles. The molecule has 4 N–H and O–H groups in total. The fourth-order valence-corrected chi connectivity index (χ4v) is 6.32. The first-order valence-electron chi connectivity index (χ1n) is 19.6. The molecule has 0 bridgehead atoms. The number of rotatable bonds is 37. The highest BCUT2D eigenvalue weighted by Gasteiger charge is 2.28. The lowest BCUT2D eigenvalue weighted by Crippen LogP contribution is -2.43. The van der Waals surface area contributed by atoms with Gasteiger partial charge >= 0.3 is 19.8 Å². The van der Waals surface area contributed by atoms with Gasteiger partial charge in [0, 0.05) is 12.8 Å². The van der Waals surface area contributed by atoms with Crippen LogP contribution in [0, 0.1) is 0 Å². The summed E-state index contributed by atoms with van der Waals surface area (Å²) >= 11 is 0. The zero-order valence-corrected chi connectivity index (χ0v) is 31.9. The van der Waals surface area contributed by atoms with Gasteiger partial charge in [-0.05, 0) is 12.8 Å². The van der Waals surface area contributed by atoms with Gasteiger partial charge in [0.05, 0.1) is 13.2 Å². The number of phosphoric ester groups is 1. The van der Waals surface area contributed by atoms with Crippen molar-refractivity contribution in [2.75, 3.05) is 19.8 Å². The van der Waals surface area contributed by atoms with Crippen molar-refractivity contribution in [2.45, 2.75) is 199 Å². The predicted octanol–water partition coefficient (Wildman–Crippen LogP) is 9.17. The summed E-state index contributed by atoms with van der Waals surface area (Å²) in [6.07, 6.45) is 29.6. The summed E-state index contributed by atoms with van der Waals surface area (Å²) in [7, 11) is -4.73. The standard InChI is InChI=1S/C37H72NO10P/c1-3-5-7-8-9-10-11-12-13-14-15-16-17-18-19-20-21-22-23-24-25-27-28-35(40)38-34(37(42)43)32-48-49(44,45)47-31-33(39)30-46-36(41)29-26-6-4-2/h33-34,39H,3-32H2,1-2H3,(H,38,40)(H,42,43)(H,44,45). The van der Waals surface area contributed by atoms with E-state index < -0.39 is 57.6 Å². The van der Waals surface area contributed by atoms with Crippen molar-refractivity contribution >= 4 is 25.7 Å². The van der Waals surface area contributed by atoms with Crippen LogP contribution in [0.3, 0.4) is 0 Å². The molecule has 0 aromatic heterocycles. The van der Waals surface area contributed by atoms with Crippen LogP contribution in [-0.4, -0.2) is 64.9 Å². The van der Waals surface area contributed by atoms with Gasteiger partial charge in [0.1, 0.15) is 12.7 Å². The van der Waals surface area contributed by atoms with Crippen LogP contribution in [0.25, 0.3) is 0 Å². The zero-order chi connectivity index (χ0) is 36.4. The summed E-state index contributed by atoms with van der Waals surface area (Å²) < 4.78 is 26.4. The molecule has 0 saturated carbocycles. The number of carbonyl (C=O) groups is 3. The molecule has 0 rings (SSSR count). The molecule has 12 heteroatoms. The number of hydrogen-bond donors (Lipinski definition) is 4. The van der Waals surface area contributed by atoms with Crippen molar-refractivity contribution in [1.82, 2.24) is 5.32 Å². The maximum atomic E-state index is 12.2. The van der Waals surface area contributed by atoms with Crippen molar-refractivity contribution in [1.29, 1.82) is 0 Å². The van der Waals surface area contributed by atoms with E-state index in [9.17, 15) is 34.1 Å². The number of hydrogen-bond acceptors (Lipinski definition) is 8. The zero-order valence-electron chi connectivity index (χ0n) is 31.0. The van der Waals surface area contributed by atoms with Crippen LogP contribution in [0.5, 0.6) is 0 Å². The monoisotopic (exact) mass is 721 g/mol. The van der Waals surface area contributed by atoms with Gasteiger partial charge in [0.25, 0.3) is 0 Å². The van der Waals surface area contributed by atoms with Crippen molar-refractivity contribution in [3.63, 3.8) is 0 Å². The SMILES string of the molecule is CCCCCCCCCCCCCCCCCCCCCCCCC(=O)NC(COP(=O)(O)OCC(O)COC(=O)CCCCC)C(=O)O. The van der Waals surface area contributed by atoms with Crippen LogP contribution in [0.1, 0.15) is 187 Å². The smallest absolute Gasteiger partial charge is 0.472 e. The number of unbranched alkanes of at least 4 members (excludes halogenated alkanes) is 23. The molecule has 0 aliphatic rings. The van der Waals surface area contributed by atoms with E-state index in [1.54, 1.807) is 0 Å². The van der Waals surface area contributed by atoms with Gasteiger partial charge in [-0.15, -0.1) is 0 Å². The van der Waals surface area contributed by atoms with Gasteiger partial charge in [-0.25, -0.2) is 9.36 Å². The molecule has 11 nitrogen and oxygen atoms in total. The van der Waals surface area contributed by atoms with E-state index >= 15 is 0 Å². The lowest BCUT2D eigenvalue weighted by Gasteiger charge is -2.18. The van der Waals surface area contributed by atoms with E-state index in [2.05, 4.69) is 16.8 Å². The molecule has 0 aliphatic heterocycles. The van der Waals surface area contributed by atoms with Gasteiger partial charge in [-0.1, -0.05) is 162 Å². The number of carboxylic acids is 1. The van der Waals surface area contributed by atoms with Gasteiger partial charge in [0.15, 0.2) is 6.04 Å². The van der Waals surface area contributed by atoms with Crippen LogP contribution in [0.2, 0.25) is 0 Å². The Morgan fingerprint density at radius 3 is 1.37 bits per heavy atom. The molecule has 0 aromatic carbocycles. The van der Waals surface area contributed by atoms with Crippen LogP contribution >= 0.6 is 7.82 Å². The van der Waals surface area contributed by atoms with Crippen molar-refractivity contribution < 1.29 is 47.8 Å². The minimum Gasteiger partial charge on any atom is -0.480 e. The first-order valence-corrected chi connectivity index (χ1v) is 21.1. The maximum absolute atomic E-state index is 12.2. The van der Waals surface area contributed by atoms with Crippen molar-refractivity contribution in [3.8, 4) is 0 Å². The minimum absolute atomic E-state index is 0.152. The summed E-state index contributed by atoms with van der Waals surface area (Å²) in [5, 5.41) is 21.5. The molecule has 0 aliphatic carbocycles. The number of phosphoric acid groups is 1. The second-order valence-electron chi connectivity index (χ2n) is 13.5. The molecule has 0 saturated heterocycles. The predicted molar refractivity (Wildman–Crippen MR) is 194 cm³/mol. The highest BCUT2D eigenvalue weighted by molar-refractivity contribution is 7.47. The second-order valence-corrected chi connectivity index (χ2v) is 14.9. The van der Waals surface area contributed by atoms with Crippen LogP contribution in [-0.2, 0) is 32.7 Å². The highest BCUT2D eigenvalue weighted by atomic mass is 31.2. The lowest BCUT2D eigenvalue weighted by atomic mass is 10.0. The maximum Gasteiger partial charge on any atom is 0.472 e. The third kappa shape index (κ3) is 33.4. The average Bonchev–Trinajstić information content (AvgIpc) is 3.07. The fourth-order valence-electron chi connectivity index (χ4n) is 5.55. The molecule has 290 valence electrons. The van der Waals surface area contributed by atoms with Crippen molar-refractivity contribution in [2.24, 2.45) is 0 Å². The number of aliphatic hydroxyl groups is 1. The number of ether oxygens (including phenoxy) is 1. The molecule has 0 spiro atoms. The quantitative estimate of drug-likeness (QED) is 0.0276. The minimum atomic E-state index is -4.73. The normalized spacial score (nSPS) is 13.9. The number of aliphatic carboxylic acids is 1. The summed E-state index contributed by atoms with van der Waals surface area (Å²) in [4.78, 5) is 45.2. The van der Waals surface area contributed by atoms with E-state index in [1.165, 1.54) is 116 Å². The van der Waals surface area contributed by atoms with Gasteiger partial charge in [-0.2, -0.15) is 0 Å². The number of esters is 1. The van der Waals surface area contributed by atoms with E-state index in [1.807, 2.05) is 6.92 Å². The molecule has 3 atom stereocenters. The Morgan fingerprint density at radius 1 is 0.571 bits per heavy atom. The molecule has 0 fully saturated rings. The number of nitrogens with one attached hydrogen (secondary N) is 1. The average molecular weight is 722 g/mol. The third-order valence-corrected chi connectivity index (χ3v) is 9.60. The number of aliphatic hydroxyl groups excluding tert-OH is 1. The molecule has 3 unspecified atom stereocenters. The molecule has 1 amide bonds. The molecule has 0 aromatic rings. The Bertz CT molecular complexity index is 859. The van der Waals surface area contributed by atoms with Gasteiger partial charge in [-0.3, -0.25) is 18.6 Å². The summed E-state index contributed by atoms with van der Waals surface area (Å²) in [5.74, 6) is -2.39. The van der Waals surface area contributed by atoms with E-state index in [4.69, 9.17) is 9.26 Å². The van der Waals surface area contributed by atoms with Crippen LogP contribution < -0.4 is 5.32 Å². The summed E-state index contributed by atoms with van der Waals surface area (Å²) in [6.45, 7) is 2.39. The fraction of sp³-hybridized carbons (Fsp3) is 0.919. The third-order valence-electron chi connectivity index (χ3n) is 8.65. The number of carbonyl (C=O) groups excluding carboxylic acids is 2. The van der Waals surface area contributed by atoms with E-state index in [0.717, 1.165) is 32.1 Å². The van der Waals surface area contributed by atoms with Crippen molar-refractivity contribution in [3.05, 3.63) is 0 Å². The largest absolute Gasteiger partial charge is 0.480 e. The molecule has 49 heavy (non-hydrogen) atoms. The first kappa shape index (κ1) is 47.5. The highest BCUT2D eigenvalue weighted by Crippen LogP contribution is 2.43. The number of carboxylic acid groups (broad SMARTS) is 1. The van der Waals surface area contributed by atoms with Gasteiger partial charge in [0.2, 0.25) is 5.91 Å². The Hall–Kier alpha value is -1.52. The topological polar surface area (TPSA) is 169 Å². The Labute approximate surface area is 297 Å². The van der Waals surface area contributed by atoms with E-state index in [0.29, 0.717) is 12.8 Å². The molecular formula is C37H72NO10P.